The van der Waals surface area contributed by atoms with Crippen molar-refractivity contribution >= 4 is 5.97 Å². The summed E-state index contributed by atoms with van der Waals surface area (Å²) in [6, 6.07) is 4.17. The van der Waals surface area contributed by atoms with Crippen molar-refractivity contribution in [3.63, 3.8) is 0 Å². The molecule has 0 aliphatic heterocycles. The molecule has 22 heavy (non-hydrogen) atoms. The van der Waals surface area contributed by atoms with Gasteiger partial charge in [0.1, 0.15) is 0 Å². The van der Waals surface area contributed by atoms with E-state index in [1.807, 2.05) is 13.0 Å². The van der Waals surface area contributed by atoms with Crippen LogP contribution < -0.4 is 0 Å². The van der Waals surface area contributed by atoms with Crippen LogP contribution >= 0.6 is 0 Å². The lowest BCUT2D eigenvalue weighted by atomic mass is 9.56. The molecule has 4 atom stereocenters. The van der Waals surface area contributed by atoms with Gasteiger partial charge in [-0.1, -0.05) is 19.4 Å². The Hall–Kier alpha value is -1.31. The Bertz CT molecular complexity index is 633. The van der Waals surface area contributed by atoms with Gasteiger partial charge in [-0.3, -0.25) is 0 Å². The Morgan fingerprint density at radius 1 is 1.23 bits per heavy atom. The molecule has 0 saturated heterocycles. The first-order valence-corrected chi connectivity index (χ1v) is 8.86. The average Bonchev–Trinajstić information content (AvgIpc) is 2.88. The van der Waals surface area contributed by atoms with Crippen LogP contribution in [0.2, 0.25) is 0 Å². The van der Waals surface area contributed by atoms with Gasteiger partial charge in [-0.15, -0.1) is 0 Å². The molecule has 0 bridgehead atoms. The van der Waals surface area contributed by atoms with Gasteiger partial charge in [0.15, 0.2) is 0 Å². The van der Waals surface area contributed by atoms with E-state index >= 15 is 0 Å². The fourth-order valence-electron chi connectivity index (χ4n) is 5.96. The predicted octanol–water partition coefficient (Wildman–Crippen LogP) is 4.94. The fourth-order valence-corrected chi connectivity index (χ4v) is 5.96. The zero-order valence-electron chi connectivity index (χ0n) is 13.7. The molecule has 4 rings (SSSR count). The van der Waals surface area contributed by atoms with Crippen molar-refractivity contribution in [2.45, 2.75) is 64.7 Å². The highest BCUT2D eigenvalue weighted by atomic mass is 16.4. The van der Waals surface area contributed by atoms with Crippen molar-refractivity contribution in [1.82, 2.24) is 0 Å². The first-order chi connectivity index (χ1) is 10.5. The van der Waals surface area contributed by atoms with Gasteiger partial charge in [-0.05, 0) is 91.4 Å². The van der Waals surface area contributed by atoms with Gasteiger partial charge in [0.25, 0.3) is 0 Å². The minimum atomic E-state index is -0.783. The normalized spacial score (nSPS) is 36.4. The maximum atomic E-state index is 11.4. The van der Waals surface area contributed by atoms with Crippen molar-refractivity contribution in [2.75, 3.05) is 0 Å². The van der Waals surface area contributed by atoms with Crippen molar-refractivity contribution < 1.29 is 9.90 Å². The molecular weight excluding hydrogens is 272 g/mol. The molecule has 118 valence electrons. The van der Waals surface area contributed by atoms with Gasteiger partial charge in [-0.2, -0.15) is 0 Å². The number of hydrogen-bond donors (Lipinski definition) is 1. The van der Waals surface area contributed by atoms with E-state index in [0.29, 0.717) is 16.9 Å². The Morgan fingerprint density at radius 2 is 2.05 bits per heavy atom. The van der Waals surface area contributed by atoms with Gasteiger partial charge in [0, 0.05) is 0 Å². The Labute approximate surface area is 132 Å². The second-order valence-electron chi connectivity index (χ2n) is 8.17. The molecule has 2 heteroatoms. The molecule has 0 aromatic heterocycles. The number of carboxylic acids is 1. The van der Waals surface area contributed by atoms with Crippen LogP contribution in [-0.4, -0.2) is 11.1 Å². The molecule has 0 heterocycles. The molecule has 2 fully saturated rings. The van der Waals surface area contributed by atoms with Crippen LogP contribution in [0.5, 0.6) is 0 Å². The Kier molecular flexibility index (Phi) is 3.15. The van der Waals surface area contributed by atoms with E-state index in [1.54, 1.807) is 0 Å². The zero-order valence-corrected chi connectivity index (χ0v) is 13.7. The topological polar surface area (TPSA) is 37.3 Å². The van der Waals surface area contributed by atoms with Crippen LogP contribution in [0, 0.1) is 24.2 Å². The van der Waals surface area contributed by atoms with Crippen molar-refractivity contribution in [3.05, 3.63) is 34.4 Å². The van der Waals surface area contributed by atoms with E-state index in [-0.39, 0.29) is 0 Å². The first kappa shape index (κ1) is 14.3. The third kappa shape index (κ3) is 1.96. The highest BCUT2D eigenvalue weighted by Crippen LogP contribution is 2.60. The van der Waals surface area contributed by atoms with E-state index in [9.17, 15) is 9.90 Å². The monoisotopic (exact) mass is 298 g/mol. The number of fused-ring (bicyclic) bond motifs is 5. The zero-order chi connectivity index (χ0) is 15.5. The van der Waals surface area contributed by atoms with Crippen LogP contribution in [0.4, 0.5) is 0 Å². The summed E-state index contributed by atoms with van der Waals surface area (Å²) in [4.78, 5) is 11.4. The average molecular weight is 298 g/mol. The third-order valence-electron chi connectivity index (χ3n) is 7.08. The minimum absolute atomic E-state index is 0.499. The van der Waals surface area contributed by atoms with Crippen LogP contribution in [0.25, 0.3) is 0 Å². The highest BCUT2D eigenvalue weighted by Gasteiger charge is 2.50. The molecular formula is C20H26O2. The van der Waals surface area contributed by atoms with E-state index < -0.39 is 5.97 Å². The maximum absolute atomic E-state index is 11.4. The molecule has 2 nitrogen and oxygen atoms in total. The molecule has 3 aliphatic rings. The summed E-state index contributed by atoms with van der Waals surface area (Å²) in [7, 11) is 0. The quantitative estimate of drug-likeness (QED) is 0.797. The first-order valence-electron chi connectivity index (χ1n) is 8.86. The SMILES string of the molecule is Cc1cc2c(cc1C(=O)O)CCC1C2CC[C@]2(C)CCCC12. The van der Waals surface area contributed by atoms with Crippen LogP contribution in [0.3, 0.4) is 0 Å². The number of aromatic carboxylic acids is 1. The van der Waals surface area contributed by atoms with Gasteiger partial charge in [0.05, 0.1) is 5.56 Å². The number of benzene rings is 1. The second kappa shape index (κ2) is 4.84. The van der Waals surface area contributed by atoms with Gasteiger partial charge in [0.2, 0.25) is 0 Å². The fraction of sp³-hybridized carbons (Fsp3) is 0.650. The summed E-state index contributed by atoms with van der Waals surface area (Å²) in [5.41, 5.74) is 4.82. The van der Waals surface area contributed by atoms with Crippen LogP contribution in [-0.2, 0) is 6.42 Å². The third-order valence-corrected chi connectivity index (χ3v) is 7.08. The number of aryl methyl sites for hydroxylation is 2. The summed E-state index contributed by atoms with van der Waals surface area (Å²) >= 11 is 0. The minimum Gasteiger partial charge on any atom is -0.478 e. The molecule has 0 radical (unpaired) electrons. The van der Waals surface area contributed by atoms with E-state index in [4.69, 9.17) is 0 Å². The molecule has 1 N–H and O–H groups in total. The number of carbonyl (C=O) groups is 1. The van der Waals surface area contributed by atoms with Crippen molar-refractivity contribution in [1.29, 1.82) is 0 Å². The van der Waals surface area contributed by atoms with Crippen LogP contribution in [0.15, 0.2) is 12.1 Å². The number of hydrogen-bond acceptors (Lipinski definition) is 1. The molecule has 0 spiro atoms. The van der Waals surface area contributed by atoms with E-state index in [1.165, 1.54) is 49.7 Å². The summed E-state index contributed by atoms with van der Waals surface area (Å²) in [5, 5.41) is 9.36. The predicted molar refractivity (Wildman–Crippen MR) is 87.4 cm³/mol. The summed E-state index contributed by atoms with van der Waals surface area (Å²) in [6.45, 7) is 4.48. The standard InChI is InChI=1S/C20H26O2/c1-12-10-17-13(11-16(12)19(21)22)5-6-15-14(17)7-9-20(2)8-3-4-18(15)20/h10-11,14-15,18H,3-9H2,1-2H3,(H,21,22)/t14?,15?,18?,20-/m0/s1. The smallest absolute Gasteiger partial charge is 0.335 e. The van der Waals surface area contributed by atoms with Gasteiger partial charge in [-0.25, -0.2) is 4.79 Å². The highest BCUT2D eigenvalue weighted by molar-refractivity contribution is 5.89. The molecule has 2 saturated carbocycles. The lowest BCUT2D eigenvalue weighted by Gasteiger charge is -2.49. The van der Waals surface area contributed by atoms with Crippen molar-refractivity contribution in [3.8, 4) is 0 Å². The molecule has 1 aromatic carbocycles. The summed E-state index contributed by atoms with van der Waals surface area (Å²) in [6.07, 6.45) is 9.25. The van der Waals surface area contributed by atoms with Gasteiger partial charge >= 0.3 is 5.97 Å². The largest absolute Gasteiger partial charge is 0.478 e. The number of rotatable bonds is 1. The molecule has 1 aromatic rings. The maximum Gasteiger partial charge on any atom is 0.335 e. The van der Waals surface area contributed by atoms with Gasteiger partial charge < -0.3 is 5.11 Å². The van der Waals surface area contributed by atoms with E-state index in [2.05, 4.69) is 13.0 Å². The van der Waals surface area contributed by atoms with Crippen LogP contribution in [0.1, 0.15) is 78.4 Å². The summed E-state index contributed by atoms with van der Waals surface area (Å²) < 4.78 is 0. The lowest BCUT2D eigenvalue weighted by molar-refractivity contribution is 0.0597. The van der Waals surface area contributed by atoms with E-state index in [0.717, 1.165) is 23.8 Å². The Balaban J connectivity index is 1.73. The molecule has 3 aliphatic carbocycles. The second-order valence-corrected chi connectivity index (χ2v) is 8.17. The van der Waals surface area contributed by atoms with Crippen molar-refractivity contribution in [2.24, 2.45) is 17.3 Å². The summed E-state index contributed by atoms with van der Waals surface area (Å²) in [5.74, 6) is 1.64. The Morgan fingerprint density at radius 3 is 2.82 bits per heavy atom. The molecule has 0 amide bonds. The number of carboxylic acid groups (broad SMARTS) is 1. The lowest BCUT2D eigenvalue weighted by Crippen LogP contribution is -2.39. The molecule has 3 unspecified atom stereocenters.